The summed E-state index contributed by atoms with van der Waals surface area (Å²) in [5, 5.41) is 0. The zero-order valence-electron chi connectivity index (χ0n) is 10.4. The Bertz CT molecular complexity index is 574. The smallest absolute Gasteiger partial charge is 0.130 e. The molecule has 1 unspecified atom stereocenters. The van der Waals surface area contributed by atoms with E-state index in [0.29, 0.717) is 0 Å². The van der Waals surface area contributed by atoms with E-state index < -0.39 is 0 Å². The summed E-state index contributed by atoms with van der Waals surface area (Å²) < 4.78 is 13.2. The van der Waals surface area contributed by atoms with Gasteiger partial charge in [-0.3, -0.25) is 0 Å². The molecular formula is C15H15FN2S. The molecule has 98 valence electrons. The van der Waals surface area contributed by atoms with Gasteiger partial charge in [-0.1, -0.05) is 42.1 Å². The molecule has 1 atom stereocenters. The Kier molecular flexibility index (Phi) is 3.44. The van der Waals surface area contributed by atoms with E-state index in [1.165, 1.54) is 23.4 Å². The molecule has 1 aliphatic rings. The Labute approximate surface area is 116 Å². The fourth-order valence-corrected chi connectivity index (χ4v) is 3.39. The van der Waals surface area contributed by atoms with Crippen LogP contribution in [0.2, 0.25) is 0 Å². The van der Waals surface area contributed by atoms with Crippen molar-refractivity contribution < 1.29 is 4.39 Å². The van der Waals surface area contributed by atoms with Crippen LogP contribution in [0.5, 0.6) is 0 Å². The van der Waals surface area contributed by atoms with Crippen LogP contribution in [0.15, 0.2) is 53.4 Å². The van der Waals surface area contributed by atoms with Crippen molar-refractivity contribution in [2.24, 2.45) is 5.73 Å². The quantitative estimate of drug-likeness (QED) is 0.932. The van der Waals surface area contributed by atoms with Gasteiger partial charge in [0.25, 0.3) is 0 Å². The van der Waals surface area contributed by atoms with Crippen LogP contribution < -0.4 is 10.6 Å². The lowest BCUT2D eigenvalue weighted by atomic mass is 10.1. The molecule has 0 saturated heterocycles. The monoisotopic (exact) mass is 274 g/mol. The number of nitrogens with zero attached hydrogens (tertiary/aromatic N) is 1. The van der Waals surface area contributed by atoms with Gasteiger partial charge in [0.2, 0.25) is 0 Å². The standard InChI is InChI=1S/C15H15FN2S/c16-12-6-7-13-14(10-12)19-15(17)18(13)9-8-11-4-2-1-3-5-11/h1-7,10,15H,8-9,17H2. The highest BCUT2D eigenvalue weighted by Gasteiger charge is 2.27. The molecule has 0 saturated carbocycles. The number of halogens is 1. The number of rotatable bonds is 3. The zero-order chi connectivity index (χ0) is 13.2. The number of benzene rings is 2. The van der Waals surface area contributed by atoms with E-state index in [1.54, 1.807) is 6.07 Å². The van der Waals surface area contributed by atoms with Crippen LogP contribution in [0.4, 0.5) is 10.1 Å². The highest BCUT2D eigenvalue weighted by atomic mass is 32.2. The van der Waals surface area contributed by atoms with Crippen molar-refractivity contribution in [2.45, 2.75) is 16.8 Å². The molecule has 19 heavy (non-hydrogen) atoms. The summed E-state index contributed by atoms with van der Waals surface area (Å²) in [6.45, 7) is 0.844. The van der Waals surface area contributed by atoms with Crippen molar-refractivity contribution in [3.8, 4) is 0 Å². The highest BCUT2D eigenvalue weighted by Crippen LogP contribution is 2.41. The maximum absolute atomic E-state index is 13.2. The summed E-state index contributed by atoms with van der Waals surface area (Å²) in [4.78, 5) is 3.06. The molecule has 2 aromatic rings. The van der Waals surface area contributed by atoms with Crippen molar-refractivity contribution in [1.29, 1.82) is 0 Å². The molecule has 1 heterocycles. The fraction of sp³-hybridized carbons (Fsp3) is 0.200. The van der Waals surface area contributed by atoms with Crippen LogP contribution >= 0.6 is 11.8 Å². The number of hydrogen-bond acceptors (Lipinski definition) is 3. The number of hydrogen-bond donors (Lipinski definition) is 1. The van der Waals surface area contributed by atoms with Crippen molar-refractivity contribution >= 4 is 17.4 Å². The lowest BCUT2D eigenvalue weighted by Gasteiger charge is -2.23. The first-order valence-electron chi connectivity index (χ1n) is 6.26. The average Bonchev–Trinajstić information content (AvgIpc) is 2.72. The molecule has 0 bridgehead atoms. The molecule has 4 heteroatoms. The van der Waals surface area contributed by atoms with Crippen LogP contribution in [0.25, 0.3) is 0 Å². The second-order valence-corrected chi connectivity index (χ2v) is 5.71. The first-order valence-corrected chi connectivity index (χ1v) is 7.14. The Morgan fingerprint density at radius 1 is 1.16 bits per heavy atom. The van der Waals surface area contributed by atoms with Crippen LogP contribution in [0.1, 0.15) is 5.56 Å². The van der Waals surface area contributed by atoms with E-state index in [9.17, 15) is 4.39 Å². The second kappa shape index (κ2) is 5.23. The SMILES string of the molecule is NC1Sc2cc(F)ccc2N1CCc1ccccc1. The lowest BCUT2D eigenvalue weighted by Crippen LogP contribution is -2.37. The van der Waals surface area contributed by atoms with Gasteiger partial charge >= 0.3 is 0 Å². The summed E-state index contributed by atoms with van der Waals surface area (Å²) in [6.07, 6.45) is 0.936. The molecule has 2 aromatic carbocycles. The largest absolute Gasteiger partial charge is 0.346 e. The molecule has 0 amide bonds. The predicted octanol–water partition coefficient (Wildman–Crippen LogP) is 3.22. The van der Waals surface area contributed by atoms with Gasteiger partial charge in [-0.15, -0.1) is 0 Å². The molecule has 0 aliphatic carbocycles. The van der Waals surface area contributed by atoms with Gasteiger partial charge in [-0.2, -0.15) is 0 Å². The topological polar surface area (TPSA) is 29.3 Å². The van der Waals surface area contributed by atoms with Gasteiger partial charge in [-0.05, 0) is 30.2 Å². The van der Waals surface area contributed by atoms with E-state index in [4.69, 9.17) is 5.73 Å². The third kappa shape index (κ3) is 2.60. The van der Waals surface area contributed by atoms with Crippen molar-refractivity contribution in [1.82, 2.24) is 0 Å². The Hall–Kier alpha value is -1.52. The summed E-state index contributed by atoms with van der Waals surface area (Å²) in [5.74, 6) is -0.205. The Morgan fingerprint density at radius 2 is 1.95 bits per heavy atom. The normalized spacial score (nSPS) is 17.6. The third-order valence-electron chi connectivity index (χ3n) is 3.27. The molecule has 3 rings (SSSR count). The maximum atomic E-state index is 13.2. The van der Waals surface area contributed by atoms with Crippen LogP contribution in [-0.4, -0.2) is 12.0 Å². The Balaban J connectivity index is 1.75. The maximum Gasteiger partial charge on any atom is 0.130 e. The lowest BCUT2D eigenvalue weighted by molar-refractivity contribution is 0.624. The first kappa shape index (κ1) is 12.5. The van der Waals surface area contributed by atoms with Gasteiger partial charge in [0.15, 0.2) is 0 Å². The molecule has 2 nitrogen and oxygen atoms in total. The average molecular weight is 274 g/mol. The minimum absolute atomic E-state index is 0.125. The molecule has 1 aliphatic heterocycles. The summed E-state index contributed by atoms with van der Waals surface area (Å²) in [5.41, 5.74) is 8.31. The second-order valence-electron chi connectivity index (χ2n) is 4.55. The van der Waals surface area contributed by atoms with E-state index in [2.05, 4.69) is 17.0 Å². The molecule has 0 fully saturated rings. The van der Waals surface area contributed by atoms with Gasteiger partial charge < -0.3 is 10.6 Å². The minimum atomic E-state index is -0.205. The number of anilines is 1. The van der Waals surface area contributed by atoms with E-state index in [-0.39, 0.29) is 11.3 Å². The first-order chi connectivity index (χ1) is 9.24. The summed E-state index contributed by atoms with van der Waals surface area (Å²) >= 11 is 1.51. The number of fused-ring (bicyclic) bond motifs is 1. The minimum Gasteiger partial charge on any atom is -0.346 e. The third-order valence-corrected chi connectivity index (χ3v) is 4.35. The van der Waals surface area contributed by atoms with Crippen molar-refractivity contribution in [2.75, 3.05) is 11.4 Å². The highest BCUT2D eigenvalue weighted by molar-refractivity contribution is 8.00. The predicted molar refractivity (Wildman–Crippen MR) is 77.7 cm³/mol. The van der Waals surface area contributed by atoms with E-state index in [0.717, 1.165) is 23.5 Å². The van der Waals surface area contributed by atoms with Crippen LogP contribution in [-0.2, 0) is 6.42 Å². The zero-order valence-corrected chi connectivity index (χ0v) is 11.2. The number of thioether (sulfide) groups is 1. The van der Waals surface area contributed by atoms with E-state index >= 15 is 0 Å². The van der Waals surface area contributed by atoms with E-state index in [1.807, 2.05) is 24.3 Å². The summed E-state index contributed by atoms with van der Waals surface area (Å²) in [7, 11) is 0. The van der Waals surface area contributed by atoms with Crippen LogP contribution in [0.3, 0.4) is 0 Å². The van der Waals surface area contributed by atoms with Crippen molar-refractivity contribution in [3.05, 3.63) is 59.9 Å². The van der Waals surface area contributed by atoms with Gasteiger partial charge in [0, 0.05) is 11.4 Å². The Morgan fingerprint density at radius 3 is 2.74 bits per heavy atom. The number of nitrogens with two attached hydrogens (primary N) is 1. The molecular weight excluding hydrogens is 259 g/mol. The summed E-state index contributed by atoms with van der Waals surface area (Å²) in [6, 6.07) is 15.2. The fourth-order valence-electron chi connectivity index (χ4n) is 2.29. The van der Waals surface area contributed by atoms with Gasteiger partial charge in [0.1, 0.15) is 11.3 Å². The van der Waals surface area contributed by atoms with Crippen LogP contribution in [0, 0.1) is 5.82 Å². The molecule has 2 N–H and O–H groups in total. The van der Waals surface area contributed by atoms with Gasteiger partial charge in [-0.25, -0.2) is 4.39 Å². The van der Waals surface area contributed by atoms with Crippen molar-refractivity contribution in [3.63, 3.8) is 0 Å². The molecule has 0 spiro atoms. The van der Waals surface area contributed by atoms with Gasteiger partial charge in [0.05, 0.1) is 5.69 Å². The molecule has 0 radical (unpaired) electrons. The molecule has 0 aromatic heterocycles.